The Morgan fingerprint density at radius 2 is 1.33 bits per heavy atom. The molecule has 3 aliphatic carbocycles. The van der Waals surface area contributed by atoms with Crippen LogP contribution in [-0.4, -0.2) is 4.57 Å². The second-order valence-corrected chi connectivity index (χ2v) is 13.1. The molecule has 7 aromatic carbocycles. The van der Waals surface area contributed by atoms with Gasteiger partial charge >= 0.3 is 0 Å². The highest BCUT2D eigenvalue weighted by molar-refractivity contribution is 6.27. The van der Waals surface area contributed by atoms with Crippen LogP contribution in [0.1, 0.15) is 39.8 Å². The number of hydrogen-bond acceptors (Lipinski definition) is 0. The fraction of sp³-hybridized carbons (Fsp3) is 0.0667. The number of fused-ring (bicyclic) bond motifs is 5. The lowest BCUT2D eigenvalue weighted by Gasteiger charge is -2.37. The first-order valence-corrected chi connectivity index (χ1v) is 16.4. The third-order valence-corrected chi connectivity index (χ3v) is 11.0. The van der Waals surface area contributed by atoms with Crippen LogP contribution < -0.4 is 0 Å². The van der Waals surface area contributed by atoms with E-state index in [0.29, 0.717) is 0 Å². The molecule has 1 heterocycles. The molecular formula is C45H29N. The summed E-state index contributed by atoms with van der Waals surface area (Å²) < 4.78 is 2.50. The molecule has 11 rings (SSSR count). The van der Waals surface area contributed by atoms with E-state index in [9.17, 15) is 0 Å². The Hall–Kier alpha value is -5.66. The Balaban J connectivity index is 1.22. The molecule has 0 N–H and O–H groups in total. The summed E-state index contributed by atoms with van der Waals surface area (Å²) in [5.74, 6) is 0. The minimum atomic E-state index is -0.371. The molecule has 8 aromatic rings. The van der Waals surface area contributed by atoms with Gasteiger partial charge in [-0.2, -0.15) is 0 Å². The predicted octanol–water partition coefficient (Wildman–Crippen LogP) is 11.2. The van der Waals surface area contributed by atoms with E-state index in [2.05, 4.69) is 156 Å². The van der Waals surface area contributed by atoms with Crippen LogP contribution in [0.3, 0.4) is 0 Å². The van der Waals surface area contributed by atoms with Gasteiger partial charge in [0.25, 0.3) is 0 Å². The summed E-state index contributed by atoms with van der Waals surface area (Å²) in [5.41, 5.74) is 16.9. The second-order valence-electron chi connectivity index (χ2n) is 13.1. The summed E-state index contributed by atoms with van der Waals surface area (Å²) in [7, 11) is 0. The van der Waals surface area contributed by atoms with Crippen molar-refractivity contribution < 1.29 is 0 Å². The highest BCUT2D eigenvalue weighted by atomic mass is 15.0. The Morgan fingerprint density at radius 3 is 2.24 bits per heavy atom. The van der Waals surface area contributed by atoms with Crippen molar-refractivity contribution in [2.75, 3.05) is 0 Å². The van der Waals surface area contributed by atoms with E-state index in [0.717, 1.165) is 12.8 Å². The molecule has 1 aromatic heterocycles. The zero-order valence-electron chi connectivity index (χ0n) is 25.3. The lowest BCUT2D eigenvalue weighted by molar-refractivity contribution is 0.782. The highest BCUT2D eigenvalue weighted by Crippen LogP contribution is 2.63. The van der Waals surface area contributed by atoms with Crippen molar-refractivity contribution in [2.24, 2.45) is 0 Å². The zero-order valence-corrected chi connectivity index (χ0v) is 25.3. The highest BCUT2D eigenvalue weighted by Gasteiger charge is 2.50. The van der Waals surface area contributed by atoms with Gasteiger partial charge in [-0.15, -0.1) is 0 Å². The third kappa shape index (κ3) is 2.92. The van der Waals surface area contributed by atoms with Crippen molar-refractivity contribution in [2.45, 2.75) is 18.3 Å². The molecule has 0 aliphatic heterocycles. The summed E-state index contributed by atoms with van der Waals surface area (Å²) in [6, 6.07) is 52.8. The summed E-state index contributed by atoms with van der Waals surface area (Å²) in [4.78, 5) is 0. The molecule has 0 spiro atoms. The average Bonchev–Trinajstić information content (AvgIpc) is 3.63. The minimum absolute atomic E-state index is 0.371. The molecule has 0 saturated carbocycles. The second kappa shape index (κ2) is 8.74. The van der Waals surface area contributed by atoms with Crippen molar-refractivity contribution in [1.82, 2.24) is 4.57 Å². The lowest BCUT2D eigenvalue weighted by atomic mass is 9.63. The van der Waals surface area contributed by atoms with Crippen LogP contribution in [0.25, 0.3) is 66.6 Å². The minimum Gasteiger partial charge on any atom is -0.309 e. The van der Waals surface area contributed by atoms with Crippen LogP contribution in [0, 0.1) is 0 Å². The standard InChI is InChI=1S/C45H29N/c1-2-12-33(13-3-1)45-37-15-7-6-14-35(37)36-24-26-40-43(44(36)45)42-39(25-21-30-11-8-16-38(45)41(30)42)46(40)34-22-19-29(20-23-34)32-18-17-28-9-4-5-10-31(28)27-32/h1-3,5-8,10-27H,4,9H2. The Morgan fingerprint density at radius 1 is 0.543 bits per heavy atom. The Bertz CT molecular complexity index is 2620. The van der Waals surface area contributed by atoms with Crippen LogP contribution in [0.4, 0.5) is 0 Å². The van der Waals surface area contributed by atoms with Crippen LogP contribution in [0.5, 0.6) is 0 Å². The molecule has 214 valence electrons. The first-order chi connectivity index (χ1) is 22.8. The summed E-state index contributed by atoms with van der Waals surface area (Å²) in [6.45, 7) is 0. The van der Waals surface area contributed by atoms with Crippen molar-refractivity contribution in [3.8, 4) is 27.9 Å². The van der Waals surface area contributed by atoms with Crippen LogP contribution in [0.15, 0.2) is 146 Å². The molecule has 3 aliphatic rings. The molecule has 1 unspecified atom stereocenters. The summed E-state index contributed by atoms with van der Waals surface area (Å²) >= 11 is 0. The van der Waals surface area contributed by atoms with Crippen LogP contribution >= 0.6 is 0 Å². The Kier molecular flexibility index (Phi) is 4.68. The van der Waals surface area contributed by atoms with E-state index in [-0.39, 0.29) is 5.41 Å². The van der Waals surface area contributed by atoms with Crippen LogP contribution in [0.2, 0.25) is 0 Å². The molecule has 1 atom stereocenters. The number of rotatable bonds is 3. The third-order valence-electron chi connectivity index (χ3n) is 11.0. The fourth-order valence-electron chi connectivity index (χ4n) is 9.19. The van der Waals surface area contributed by atoms with Gasteiger partial charge in [-0.3, -0.25) is 0 Å². The molecule has 0 fully saturated rings. The van der Waals surface area contributed by atoms with Gasteiger partial charge in [-0.05, 0) is 110 Å². The van der Waals surface area contributed by atoms with Gasteiger partial charge in [-0.25, -0.2) is 0 Å². The number of allylic oxidation sites excluding steroid dienone is 1. The predicted molar refractivity (Wildman–Crippen MR) is 192 cm³/mol. The quantitative estimate of drug-likeness (QED) is 0.195. The molecular weight excluding hydrogens is 555 g/mol. The zero-order chi connectivity index (χ0) is 30.0. The smallest absolute Gasteiger partial charge is 0.0726 e. The van der Waals surface area contributed by atoms with Crippen molar-refractivity contribution in [3.05, 3.63) is 179 Å². The topological polar surface area (TPSA) is 4.93 Å². The molecule has 0 saturated heterocycles. The molecule has 46 heavy (non-hydrogen) atoms. The number of aryl methyl sites for hydroxylation is 1. The normalized spacial score (nSPS) is 17.0. The van der Waals surface area contributed by atoms with Crippen molar-refractivity contribution >= 4 is 38.7 Å². The van der Waals surface area contributed by atoms with Gasteiger partial charge in [0, 0.05) is 16.5 Å². The lowest BCUT2D eigenvalue weighted by Crippen LogP contribution is -2.30. The van der Waals surface area contributed by atoms with E-state index < -0.39 is 0 Å². The van der Waals surface area contributed by atoms with Gasteiger partial charge < -0.3 is 4.57 Å². The van der Waals surface area contributed by atoms with Gasteiger partial charge in [0.15, 0.2) is 0 Å². The number of benzene rings is 7. The van der Waals surface area contributed by atoms with Crippen LogP contribution in [-0.2, 0) is 11.8 Å². The van der Waals surface area contributed by atoms with E-state index in [1.54, 1.807) is 0 Å². The van der Waals surface area contributed by atoms with E-state index in [1.165, 1.54) is 93.9 Å². The average molecular weight is 584 g/mol. The fourth-order valence-corrected chi connectivity index (χ4v) is 9.19. The maximum Gasteiger partial charge on any atom is 0.0726 e. The van der Waals surface area contributed by atoms with E-state index in [4.69, 9.17) is 0 Å². The molecule has 1 nitrogen and oxygen atoms in total. The molecule has 0 amide bonds. The number of nitrogens with zero attached hydrogens (tertiary/aromatic N) is 1. The maximum atomic E-state index is 2.50. The first kappa shape index (κ1) is 24.6. The van der Waals surface area contributed by atoms with Gasteiger partial charge in [-0.1, -0.05) is 121 Å². The molecule has 1 heteroatoms. The van der Waals surface area contributed by atoms with Gasteiger partial charge in [0.2, 0.25) is 0 Å². The molecule has 0 radical (unpaired) electrons. The monoisotopic (exact) mass is 583 g/mol. The SMILES string of the molecule is C1=Cc2cc(-c3ccc(-n4c5ccc6c7c5c5c8c(cccc8ccc54)C7(c4ccccc4)c4ccccc4-6)cc3)ccc2CC1. The largest absolute Gasteiger partial charge is 0.309 e. The Labute approximate surface area is 267 Å². The first-order valence-electron chi connectivity index (χ1n) is 16.4. The van der Waals surface area contributed by atoms with E-state index >= 15 is 0 Å². The van der Waals surface area contributed by atoms with Gasteiger partial charge in [0.1, 0.15) is 0 Å². The maximum absolute atomic E-state index is 2.50. The van der Waals surface area contributed by atoms with Crippen molar-refractivity contribution in [1.29, 1.82) is 0 Å². The number of aromatic nitrogens is 1. The van der Waals surface area contributed by atoms with E-state index in [1.807, 2.05) is 0 Å². The van der Waals surface area contributed by atoms with Gasteiger partial charge in [0.05, 0.1) is 16.4 Å². The summed E-state index contributed by atoms with van der Waals surface area (Å²) in [5, 5.41) is 5.46. The number of hydrogen-bond donors (Lipinski definition) is 0. The molecule has 0 bridgehead atoms. The summed E-state index contributed by atoms with van der Waals surface area (Å²) in [6.07, 6.45) is 6.84. The van der Waals surface area contributed by atoms with Crippen molar-refractivity contribution in [3.63, 3.8) is 0 Å².